The number of carbonyl (C=O) groups excluding carboxylic acids is 2. The number of hydrogen-bond acceptors (Lipinski definition) is 9. The molecule has 12 heteroatoms. The van der Waals surface area contributed by atoms with Gasteiger partial charge in [-0.25, -0.2) is 9.78 Å². The summed E-state index contributed by atoms with van der Waals surface area (Å²) in [6.45, 7) is 1.72. The number of nitrogens with one attached hydrogen (secondary N) is 2. The Balaban J connectivity index is 1.62. The molecule has 3 N–H and O–H groups in total. The number of benzene rings is 1. The molecule has 0 spiro atoms. The van der Waals surface area contributed by atoms with Gasteiger partial charge in [0.15, 0.2) is 9.47 Å². The normalized spacial score (nSPS) is 11.6. The van der Waals surface area contributed by atoms with Crippen molar-refractivity contribution in [2.45, 2.75) is 16.5 Å². The summed E-state index contributed by atoms with van der Waals surface area (Å²) < 4.78 is 0.489. The Hall–Kier alpha value is -2.83. The minimum absolute atomic E-state index is 0.0237. The summed E-state index contributed by atoms with van der Waals surface area (Å²) in [5.74, 6) is -2.02. The first kappa shape index (κ1) is 19.9. The first-order chi connectivity index (χ1) is 13.4. The van der Waals surface area contributed by atoms with Gasteiger partial charge in [0.2, 0.25) is 11.0 Å². The van der Waals surface area contributed by atoms with Crippen molar-refractivity contribution >= 4 is 62.5 Å². The second-order valence-corrected chi connectivity index (χ2v) is 8.72. The van der Waals surface area contributed by atoms with E-state index in [2.05, 4.69) is 25.8 Å². The van der Waals surface area contributed by atoms with Crippen LogP contribution in [0.5, 0.6) is 0 Å². The number of aromatic nitrogens is 3. The molecule has 2 aromatic heterocycles. The standard InChI is InChI=1S/C16H13N5O4S3/c1-8(11(22)18-14-17-6-7-26-14)27-16-21-20-15(28-16)19-12(23)9-4-2-3-5-10(9)13(24)25/h2-8H,1H3,(H,24,25)(H,17,18,22)(H,19,20,23). The van der Waals surface area contributed by atoms with E-state index >= 15 is 0 Å². The first-order valence-corrected chi connectivity index (χ1v) is 10.4. The van der Waals surface area contributed by atoms with Crippen LogP contribution in [0.4, 0.5) is 10.3 Å². The fourth-order valence-corrected chi connectivity index (χ4v) is 4.46. The number of carboxylic acid groups (broad SMARTS) is 1. The molecule has 0 saturated carbocycles. The third-order valence-electron chi connectivity index (χ3n) is 3.34. The second kappa shape index (κ2) is 8.91. The molecule has 0 aliphatic heterocycles. The molecule has 3 aromatic rings. The Labute approximate surface area is 171 Å². The Bertz CT molecular complexity index is 1010. The summed E-state index contributed by atoms with van der Waals surface area (Å²) in [7, 11) is 0. The van der Waals surface area contributed by atoms with Gasteiger partial charge in [-0.05, 0) is 19.1 Å². The molecule has 0 aliphatic rings. The molecule has 0 aliphatic carbocycles. The maximum absolute atomic E-state index is 12.3. The number of rotatable bonds is 7. The van der Waals surface area contributed by atoms with Crippen LogP contribution in [-0.2, 0) is 4.79 Å². The summed E-state index contributed by atoms with van der Waals surface area (Å²) in [5, 5.41) is 24.3. The van der Waals surface area contributed by atoms with Crippen molar-refractivity contribution in [1.82, 2.24) is 15.2 Å². The smallest absolute Gasteiger partial charge is 0.336 e. The van der Waals surface area contributed by atoms with Gasteiger partial charge in [0.1, 0.15) is 0 Å². The monoisotopic (exact) mass is 435 g/mol. The Morgan fingerprint density at radius 2 is 1.86 bits per heavy atom. The van der Waals surface area contributed by atoms with Crippen LogP contribution in [0.3, 0.4) is 0 Å². The highest BCUT2D eigenvalue weighted by atomic mass is 32.2. The SMILES string of the molecule is CC(Sc1nnc(NC(=O)c2ccccc2C(=O)O)s1)C(=O)Nc1nccs1. The van der Waals surface area contributed by atoms with Gasteiger partial charge in [-0.2, -0.15) is 0 Å². The van der Waals surface area contributed by atoms with E-state index in [1.807, 2.05) is 0 Å². The van der Waals surface area contributed by atoms with Crippen LogP contribution in [0.1, 0.15) is 27.6 Å². The van der Waals surface area contributed by atoms with Crippen molar-refractivity contribution in [3.8, 4) is 0 Å². The molecule has 1 atom stereocenters. The van der Waals surface area contributed by atoms with Crippen LogP contribution in [0.15, 0.2) is 40.2 Å². The predicted octanol–water partition coefficient (Wildman–Crippen LogP) is 3.06. The molecular formula is C16H13N5O4S3. The molecule has 144 valence electrons. The van der Waals surface area contributed by atoms with E-state index in [0.717, 1.165) is 11.3 Å². The molecule has 0 bridgehead atoms. The predicted molar refractivity (Wildman–Crippen MR) is 107 cm³/mol. The molecule has 1 unspecified atom stereocenters. The highest BCUT2D eigenvalue weighted by Crippen LogP contribution is 2.30. The van der Waals surface area contributed by atoms with E-state index < -0.39 is 17.1 Å². The molecule has 0 fully saturated rings. The van der Waals surface area contributed by atoms with E-state index in [9.17, 15) is 19.5 Å². The minimum Gasteiger partial charge on any atom is -0.478 e. The number of thioether (sulfide) groups is 1. The number of nitrogens with zero attached hydrogens (tertiary/aromatic N) is 3. The van der Waals surface area contributed by atoms with Crippen LogP contribution < -0.4 is 10.6 Å². The molecule has 3 rings (SSSR count). The van der Waals surface area contributed by atoms with Gasteiger partial charge in [0.25, 0.3) is 5.91 Å². The highest BCUT2D eigenvalue weighted by molar-refractivity contribution is 8.02. The van der Waals surface area contributed by atoms with Crippen molar-refractivity contribution in [3.63, 3.8) is 0 Å². The maximum atomic E-state index is 12.3. The third-order valence-corrected chi connectivity index (χ3v) is 6.05. The zero-order valence-electron chi connectivity index (χ0n) is 14.3. The number of carbonyl (C=O) groups is 3. The number of aromatic carboxylic acids is 1. The van der Waals surface area contributed by atoms with Crippen LogP contribution in [0, 0.1) is 0 Å². The number of thiazole rings is 1. The lowest BCUT2D eigenvalue weighted by atomic mass is 10.1. The minimum atomic E-state index is -1.20. The van der Waals surface area contributed by atoms with E-state index in [1.54, 1.807) is 24.6 Å². The third kappa shape index (κ3) is 4.91. The molecule has 1 aromatic carbocycles. The van der Waals surface area contributed by atoms with Gasteiger partial charge < -0.3 is 10.4 Å². The Morgan fingerprint density at radius 1 is 1.11 bits per heavy atom. The van der Waals surface area contributed by atoms with E-state index in [0.29, 0.717) is 9.47 Å². The maximum Gasteiger partial charge on any atom is 0.336 e. The lowest BCUT2D eigenvalue weighted by Crippen LogP contribution is -2.22. The summed E-state index contributed by atoms with van der Waals surface area (Å²) in [4.78, 5) is 39.7. The molecule has 2 amide bonds. The van der Waals surface area contributed by atoms with Crippen molar-refractivity contribution in [3.05, 3.63) is 47.0 Å². The highest BCUT2D eigenvalue weighted by Gasteiger charge is 2.20. The van der Waals surface area contributed by atoms with Crippen molar-refractivity contribution < 1.29 is 19.5 Å². The summed E-state index contributed by atoms with van der Waals surface area (Å²) in [5.41, 5.74) is -0.0813. The van der Waals surface area contributed by atoms with Crippen LogP contribution in [0.2, 0.25) is 0 Å². The van der Waals surface area contributed by atoms with Crippen molar-refractivity contribution in [2.75, 3.05) is 10.6 Å². The Morgan fingerprint density at radius 3 is 2.54 bits per heavy atom. The molecular weight excluding hydrogens is 422 g/mol. The Kier molecular flexibility index (Phi) is 6.34. The van der Waals surface area contributed by atoms with Crippen LogP contribution in [0.25, 0.3) is 0 Å². The average Bonchev–Trinajstić information content (AvgIpc) is 3.33. The molecule has 0 radical (unpaired) electrons. The average molecular weight is 436 g/mol. The fraction of sp³-hybridized carbons (Fsp3) is 0.125. The van der Waals surface area contributed by atoms with E-state index in [-0.39, 0.29) is 22.2 Å². The number of anilines is 2. The fourth-order valence-electron chi connectivity index (χ4n) is 2.04. The molecule has 28 heavy (non-hydrogen) atoms. The quantitative estimate of drug-likeness (QED) is 0.381. The van der Waals surface area contributed by atoms with Gasteiger partial charge in [0.05, 0.1) is 16.4 Å². The zero-order valence-corrected chi connectivity index (χ0v) is 16.7. The summed E-state index contributed by atoms with van der Waals surface area (Å²) in [6, 6.07) is 5.88. The van der Waals surface area contributed by atoms with Crippen molar-refractivity contribution in [1.29, 1.82) is 0 Å². The van der Waals surface area contributed by atoms with Crippen molar-refractivity contribution in [2.24, 2.45) is 0 Å². The molecule has 9 nitrogen and oxygen atoms in total. The lowest BCUT2D eigenvalue weighted by molar-refractivity contribution is -0.115. The number of hydrogen-bond donors (Lipinski definition) is 3. The van der Waals surface area contributed by atoms with Crippen LogP contribution in [-0.4, -0.2) is 43.3 Å². The van der Waals surface area contributed by atoms with Gasteiger partial charge in [-0.1, -0.05) is 35.2 Å². The molecule has 0 saturated heterocycles. The van der Waals surface area contributed by atoms with Gasteiger partial charge >= 0.3 is 5.97 Å². The lowest BCUT2D eigenvalue weighted by Gasteiger charge is -2.07. The second-order valence-electron chi connectivity index (χ2n) is 5.26. The zero-order chi connectivity index (χ0) is 20.1. The topological polar surface area (TPSA) is 134 Å². The first-order valence-electron chi connectivity index (χ1n) is 7.78. The summed E-state index contributed by atoms with van der Waals surface area (Å²) >= 11 is 3.60. The molecule has 2 heterocycles. The largest absolute Gasteiger partial charge is 0.478 e. The summed E-state index contributed by atoms with van der Waals surface area (Å²) in [6.07, 6.45) is 1.60. The van der Waals surface area contributed by atoms with E-state index in [4.69, 9.17) is 0 Å². The van der Waals surface area contributed by atoms with Gasteiger partial charge in [0, 0.05) is 11.6 Å². The number of amides is 2. The number of carboxylic acids is 1. The van der Waals surface area contributed by atoms with E-state index in [1.165, 1.54) is 41.3 Å². The van der Waals surface area contributed by atoms with Crippen LogP contribution >= 0.6 is 34.4 Å². The van der Waals surface area contributed by atoms with Gasteiger partial charge in [-0.3, -0.25) is 14.9 Å². The van der Waals surface area contributed by atoms with Gasteiger partial charge in [-0.15, -0.1) is 21.5 Å².